The molecule has 4 heteroatoms. The Hall–Kier alpha value is -1.22. The van der Waals surface area contributed by atoms with E-state index in [0.717, 1.165) is 19.5 Å². The third-order valence-corrected chi connectivity index (χ3v) is 3.66. The van der Waals surface area contributed by atoms with Gasteiger partial charge in [-0.1, -0.05) is 24.6 Å². The SMILES string of the molecule is C[C@@H]1CCCN(C(=O)[C@H](C)Oc2cccc(Cl)c2)C1. The molecule has 1 saturated heterocycles. The predicted molar refractivity (Wildman–Crippen MR) is 76.5 cm³/mol. The molecule has 1 heterocycles. The largest absolute Gasteiger partial charge is 0.481 e. The summed E-state index contributed by atoms with van der Waals surface area (Å²) < 4.78 is 5.67. The third-order valence-electron chi connectivity index (χ3n) is 3.43. The van der Waals surface area contributed by atoms with Gasteiger partial charge in [0.1, 0.15) is 5.75 Å². The summed E-state index contributed by atoms with van der Waals surface area (Å²) in [6.07, 6.45) is 1.81. The number of piperidine rings is 1. The van der Waals surface area contributed by atoms with E-state index < -0.39 is 6.10 Å². The Morgan fingerprint density at radius 3 is 3.00 bits per heavy atom. The van der Waals surface area contributed by atoms with Crippen LogP contribution in [0.25, 0.3) is 0 Å². The summed E-state index contributed by atoms with van der Waals surface area (Å²) in [5.74, 6) is 1.28. The van der Waals surface area contributed by atoms with E-state index in [2.05, 4.69) is 6.92 Å². The van der Waals surface area contributed by atoms with Crippen molar-refractivity contribution in [2.45, 2.75) is 32.8 Å². The highest BCUT2D eigenvalue weighted by molar-refractivity contribution is 6.30. The van der Waals surface area contributed by atoms with Crippen LogP contribution in [-0.2, 0) is 4.79 Å². The molecule has 1 fully saturated rings. The molecule has 19 heavy (non-hydrogen) atoms. The van der Waals surface area contributed by atoms with Crippen LogP contribution in [0, 0.1) is 5.92 Å². The minimum atomic E-state index is -0.469. The molecule has 2 atom stereocenters. The van der Waals surface area contributed by atoms with E-state index in [1.807, 2.05) is 17.0 Å². The number of likely N-dealkylation sites (tertiary alicyclic amines) is 1. The second-order valence-electron chi connectivity index (χ2n) is 5.25. The van der Waals surface area contributed by atoms with Crippen LogP contribution in [0.5, 0.6) is 5.75 Å². The molecule has 1 aliphatic rings. The minimum Gasteiger partial charge on any atom is -0.481 e. The number of nitrogens with zero attached hydrogens (tertiary/aromatic N) is 1. The molecular weight excluding hydrogens is 262 g/mol. The van der Waals surface area contributed by atoms with Gasteiger partial charge in [-0.3, -0.25) is 4.79 Å². The highest BCUT2D eigenvalue weighted by atomic mass is 35.5. The van der Waals surface area contributed by atoms with Gasteiger partial charge in [0, 0.05) is 18.1 Å². The molecule has 0 aliphatic carbocycles. The first kappa shape index (κ1) is 14.2. The zero-order chi connectivity index (χ0) is 13.8. The average molecular weight is 282 g/mol. The number of carbonyl (C=O) groups excluding carboxylic acids is 1. The zero-order valence-electron chi connectivity index (χ0n) is 11.4. The van der Waals surface area contributed by atoms with Crippen LogP contribution in [0.2, 0.25) is 5.02 Å². The third kappa shape index (κ3) is 3.87. The predicted octanol–water partition coefficient (Wildman–Crippen LogP) is 3.37. The first-order valence-corrected chi connectivity index (χ1v) is 7.15. The molecule has 104 valence electrons. The van der Waals surface area contributed by atoms with Crippen LogP contribution in [0.3, 0.4) is 0 Å². The lowest BCUT2D eigenvalue weighted by Crippen LogP contribution is -2.45. The number of amides is 1. The number of benzene rings is 1. The Labute approximate surface area is 119 Å². The van der Waals surface area contributed by atoms with Crippen molar-refractivity contribution in [2.24, 2.45) is 5.92 Å². The van der Waals surface area contributed by atoms with Gasteiger partial charge in [0.15, 0.2) is 6.10 Å². The maximum atomic E-state index is 12.3. The molecule has 1 aromatic carbocycles. The smallest absolute Gasteiger partial charge is 0.263 e. The normalized spacial score (nSPS) is 21.0. The first-order chi connectivity index (χ1) is 9.06. The fraction of sp³-hybridized carbons (Fsp3) is 0.533. The molecule has 0 saturated carbocycles. The van der Waals surface area contributed by atoms with Gasteiger partial charge in [0.25, 0.3) is 5.91 Å². The quantitative estimate of drug-likeness (QED) is 0.850. The van der Waals surface area contributed by atoms with Crippen molar-refractivity contribution in [3.05, 3.63) is 29.3 Å². The summed E-state index contributed by atoms with van der Waals surface area (Å²) in [6.45, 7) is 5.65. The van der Waals surface area contributed by atoms with Gasteiger partial charge in [0.2, 0.25) is 0 Å². The number of hydrogen-bond acceptors (Lipinski definition) is 2. The highest BCUT2D eigenvalue weighted by Crippen LogP contribution is 2.20. The lowest BCUT2D eigenvalue weighted by molar-refractivity contribution is -0.139. The number of rotatable bonds is 3. The van der Waals surface area contributed by atoms with Gasteiger partial charge in [-0.15, -0.1) is 0 Å². The summed E-state index contributed by atoms with van der Waals surface area (Å²) in [4.78, 5) is 14.2. The number of halogens is 1. The fourth-order valence-electron chi connectivity index (χ4n) is 2.44. The maximum Gasteiger partial charge on any atom is 0.263 e. The molecule has 2 rings (SSSR count). The summed E-state index contributed by atoms with van der Waals surface area (Å²) in [7, 11) is 0. The fourth-order valence-corrected chi connectivity index (χ4v) is 2.62. The molecule has 0 spiro atoms. The molecule has 1 aromatic rings. The Morgan fingerprint density at radius 2 is 2.32 bits per heavy atom. The van der Waals surface area contributed by atoms with Crippen molar-refractivity contribution in [2.75, 3.05) is 13.1 Å². The summed E-state index contributed by atoms with van der Waals surface area (Å²) in [5, 5.41) is 0.615. The van der Waals surface area contributed by atoms with Crippen molar-refractivity contribution in [1.82, 2.24) is 4.90 Å². The van der Waals surface area contributed by atoms with E-state index in [-0.39, 0.29) is 5.91 Å². The van der Waals surface area contributed by atoms with E-state index >= 15 is 0 Å². The van der Waals surface area contributed by atoms with Gasteiger partial charge in [0.05, 0.1) is 0 Å². The molecular formula is C15H20ClNO2. The van der Waals surface area contributed by atoms with Crippen molar-refractivity contribution >= 4 is 17.5 Å². The van der Waals surface area contributed by atoms with Crippen molar-refractivity contribution < 1.29 is 9.53 Å². The van der Waals surface area contributed by atoms with Crippen LogP contribution in [0.15, 0.2) is 24.3 Å². The van der Waals surface area contributed by atoms with Gasteiger partial charge in [-0.2, -0.15) is 0 Å². The Balaban J connectivity index is 1.95. The minimum absolute atomic E-state index is 0.0616. The van der Waals surface area contributed by atoms with Crippen molar-refractivity contribution in [1.29, 1.82) is 0 Å². The van der Waals surface area contributed by atoms with Crippen LogP contribution in [0.4, 0.5) is 0 Å². The topological polar surface area (TPSA) is 29.5 Å². The summed E-state index contributed by atoms with van der Waals surface area (Å²) >= 11 is 5.90. The van der Waals surface area contributed by atoms with E-state index in [4.69, 9.17) is 16.3 Å². The molecule has 0 N–H and O–H groups in total. The molecule has 1 amide bonds. The maximum absolute atomic E-state index is 12.3. The number of hydrogen-bond donors (Lipinski definition) is 0. The zero-order valence-corrected chi connectivity index (χ0v) is 12.2. The van der Waals surface area contributed by atoms with E-state index in [0.29, 0.717) is 16.7 Å². The number of ether oxygens (including phenoxy) is 1. The summed E-state index contributed by atoms with van der Waals surface area (Å²) in [5.41, 5.74) is 0. The van der Waals surface area contributed by atoms with Gasteiger partial charge in [-0.05, 0) is 43.9 Å². The Morgan fingerprint density at radius 1 is 1.53 bits per heavy atom. The van der Waals surface area contributed by atoms with E-state index in [1.54, 1.807) is 19.1 Å². The molecule has 0 bridgehead atoms. The Bertz CT molecular complexity index is 450. The van der Waals surface area contributed by atoms with Crippen LogP contribution >= 0.6 is 11.6 Å². The standard InChI is InChI=1S/C15H20ClNO2/c1-11-5-4-8-17(10-11)15(18)12(2)19-14-7-3-6-13(16)9-14/h3,6-7,9,11-12H,4-5,8,10H2,1-2H3/t11-,12+/m1/s1. The molecule has 0 radical (unpaired) electrons. The van der Waals surface area contributed by atoms with Crippen LogP contribution in [-0.4, -0.2) is 30.0 Å². The molecule has 0 aromatic heterocycles. The Kier molecular flexibility index (Phi) is 4.70. The molecule has 3 nitrogen and oxygen atoms in total. The monoisotopic (exact) mass is 281 g/mol. The van der Waals surface area contributed by atoms with Gasteiger partial charge in [-0.25, -0.2) is 0 Å². The lowest BCUT2D eigenvalue weighted by Gasteiger charge is -2.32. The van der Waals surface area contributed by atoms with E-state index in [9.17, 15) is 4.79 Å². The average Bonchev–Trinajstić information content (AvgIpc) is 2.38. The first-order valence-electron chi connectivity index (χ1n) is 6.77. The molecule has 1 aliphatic heterocycles. The second-order valence-corrected chi connectivity index (χ2v) is 5.69. The van der Waals surface area contributed by atoms with Gasteiger partial charge >= 0.3 is 0 Å². The summed E-state index contributed by atoms with van der Waals surface area (Å²) in [6, 6.07) is 7.14. The van der Waals surface area contributed by atoms with Crippen LogP contribution in [0.1, 0.15) is 26.7 Å². The lowest BCUT2D eigenvalue weighted by atomic mass is 10.00. The van der Waals surface area contributed by atoms with Crippen molar-refractivity contribution in [3.63, 3.8) is 0 Å². The highest BCUT2D eigenvalue weighted by Gasteiger charge is 2.26. The molecule has 0 unspecified atom stereocenters. The van der Waals surface area contributed by atoms with Crippen LogP contribution < -0.4 is 4.74 Å². The van der Waals surface area contributed by atoms with Gasteiger partial charge < -0.3 is 9.64 Å². The van der Waals surface area contributed by atoms with E-state index in [1.165, 1.54) is 6.42 Å². The van der Waals surface area contributed by atoms with Crippen molar-refractivity contribution in [3.8, 4) is 5.75 Å². The second kappa shape index (κ2) is 6.29. The number of carbonyl (C=O) groups is 1.